The minimum absolute atomic E-state index is 0.0122. The van der Waals surface area contributed by atoms with E-state index in [1.54, 1.807) is 25.8 Å². The van der Waals surface area contributed by atoms with Crippen LogP contribution in [0.15, 0.2) is 49.1 Å². The molecule has 0 fully saturated rings. The monoisotopic (exact) mass is 322 g/mol. The predicted octanol–water partition coefficient (Wildman–Crippen LogP) is 2.27. The number of carbonyl (C=O) groups excluding carboxylic acids is 1. The van der Waals surface area contributed by atoms with Crippen LogP contribution in [0.5, 0.6) is 0 Å². The van der Waals surface area contributed by atoms with Crippen LogP contribution in [0.2, 0.25) is 0 Å². The average Bonchev–Trinajstić information content (AvgIpc) is 3.10. The lowest BCUT2D eigenvalue weighted by Gasteiger charge is -2.34. The van der Waals surface area contributed by atoms with Gasteiger partial charge in [-0.05, 0) is 12.1 Å². The fraction of sp³-hybridized carbons (Fsp3) is 0.278. The second kappa shape index (κ2) is 6.05. The van der Waals surface area contributed by atoms with Crippen LogP contribution < -0.4 is 0 Å². The molecule has 1 aliphatic rings. The topological polar surface area (TPSA) is 60.2 Å². The number of fused-ring (bicyclic) bond motifs is 2. The van der Waals surface area contributed by atoms with Gasteiger partial charge in [0.2, 0.25) is 0 Å². The van der Waals surface area contributed by atoms with Gasteiger partial charge in [-0.1, -0.05) is 18.2 Å². The van der Waals surface area contributed by atoms with Gasteiger partial charge in [-0.15, -0.1) is 0 Å². The van der Waals surface area contributed by atoms with E-state index in [1.165, 1.54) is 0 Å². The zero-order chi connectivity index (χ0) is 16.5. The number of hydrogen-bond donors (Lipinski definition) is 0. The van der Waals surface area contributed by atoms with E-state index in [2.05, 4.69) is 14.5 Å². The van der Waals surface area contributed by atoms with Gasteiger partial charge in [0.05, 0.1) is 42.3 Å². The standard InChI is InChI=1S/C18H18N4O2/c1-24-11-16-10-21(9-15-8-19-12-22(15)16)18(23)14-6-13-4-2-3-5-17(13)20-7-14/h2-8,12,16H,9-11H2,1H3. The highest BCUT2D eigenvalue weighted by molar-refractivity contribution is 5.97. The number of hydrogen-bond acceptors (Lipinski definition) is 4. The highest BCUT2D eigenvalue weighted by atomic mass is 16.5. The Morgan fingerprint density at radius 1 is 1.33 bits per heavy atom. The molecule has 1 amide bonds. The first-order valence-electron chi connectivity index (χ1n) is 7.90. The number of nitrogens with zero attached hydrogens (tertiary/aromatic N) is 4. The minimum Gasteiger partial charge on any atom is -0.382 e. The molecular weight excluding hydrogens is 304 g/mol. The van der Waals surface area contributed by atoms with Gasteiger partial charge >= 0.3 is 0 Å². The van der Waals surface area contributed by atoms with Crippen molar-refractivity contribution in [1.82, 2.24) is 19.4 Å². The molecule has 0 saturated carbocycles. The second-order valence-corrected chi connectivity index (χ2v) is 6.00. The molecule has 0 radical (unpaired) electrons. The molecule has 2 aromatic heterocycles. The summed E-state index contributed by atoms with van der Waals surface area (Å²) in [5, 5.41) is 0.971. The van der Waals surface area contributed by atoms with Gasteiger partial charge in [0.1, 0.15) is 0 Å². The van der Waals surface area contributed by atoms with E-state index in [-0.39, 0.29) is 11.9 Å². The third-order valence-electron chi connectivity index (χ3n) is 4.41. The first-order valence-corrected chi connectivity index (χ1v) is 7.90. The molecule has 0 bridgehead atoms. The quantitative estimate of drug-likeness (QED) is 0.742. The predicted molar refractivity (Wildman–Crippen MR) is 89.6 cm³/mol. The second-order valence-electron chi connectivity index (χ2n) is 6.00. The van der Waals surface area contributed by atoms with E-state index in [0.717, 1.165) is 16.6 Å². The molecule has 3 aromatic rings. The molecule has 4 rings (SSSR count). The van der Waals surface area contributed by atoms with Crippen molar-refractivity contribution in [2.75, 3.05) is 20.3 Å². The van der Waals surface area contributed by atoms with Gasteiger partial charge in [-0.2, -0.15) is 0 Å². The zero-order valence-electron chi connectivity index (χ0n) is 13.4. The van der Waals surface area contributed by atoms with Crippen LogP contribution >= 0.6 is 0 Å². The molecule has 3 heterocycles. The summed E-state index contributed by atoms with van der Waals surface area (Å²) in [6.07, 6.45) is 5.26. The highest BCUT2D eigenvalue weighted by Gasteiger charge is 2.28. The molecule has 1 atom stereocenters. The summed E-state index contributed by atoms with van der Waals surface area (Å²) in [6.45, 7) is 1.69. The van der Waals surface area contributed by atoms with Crippen LogP contribution in [0.25, 0.3) is 10.9 Å². The SMILES string of the molecule is COCC1CN(C(=O)c2cnc3ccccc3c2)Cc2cncn21. The van der Waals surface area contributed by atoms with Crippen LogP contribution in [0.4, 0.5) is 0 Å². The molecule has 24 heavy (non-hydrogen) atoms. The van der Waals surface area contributed by atoms with E-state index in [4.69, 9.17) is 4.74 Å². The van der Waals surface area contributed by atoms with Gasteiger partial charge < -0.3 is 14.2 Å². The summed E-state index contributed by atoms with van der Waals surface area (Å²) in [5.74, 6) is -0.0122. The zero-order valence-corrected chi connectivity index (χ0v) is 13.4. The van der Waals surface area contributed by atoms with Crippen molar-refractivity contribution in [1.29, 1.82) is 0 Å². The summed E-state index contributed by atoms with van der Waals surface area (Å²) < 4.78 is 7.39. The van der Waals surface area contributed by atoms with Crippen LogP contribution in [0.3, 0.4) is 0 Å². The number of carbonyl (C=O) groups is 1. The Hall–Kier alpha value is -2.73. The Labute approximate surface area is 139 Å². The molecule has 0 aliphatic carbocycles. The number of methoxy groups -OCH3 is 1. The molecule has 122 valence electrons. The molecule has 1 aliphatic heterocycles. The number of benzene rings is 1. The number of rotatable bonds is 3. The number of para-hydroxylation sites is 1. The third kappa shape index (κ3) is 2.55. The van der Waals surface area contributed by atoms with E-state index >= 15 is 0 Å². The van der Waals surface area contributed by atoms with Crippen molar-refractivity contribution in [2.45, 2.75) is 12.6 Å². The lowest BCUT2D eigenvalue weighted by atomic mass is 10.1. The number of aromatic nitrogens is 3. The van der Waals surface area contributed by atoms with E-state index in [0.29, 0.717) is 25.3 Å². The van der Waals surface area contributed by atoms with E-state index in [1.807, 2.05) is 35.2 Å². The van der Waals surface area contributed by atoms with Gasteiger partial charge in [-0.3, -0.25) is 9.78 Å². The fourth-order valence-electron chi connectivity index (χ4n) is 3.24. The van der Waals surface area contributed by atoms with E-state index < -0.39 is 0 Å². The fourth-order valence-corrected chi connectivity index (χ4v) is 3.24. The summed E-state index contributed by atoms with van der Waals surface area (Å²) >= 11 is 0. The summed E-state index contributed by atoms with van der Waals surface area (Å²) in [5.41, 5.74) is 2.52. The van der Waals surface area contributed by atoms with Crippen molar-refractivity contribution in [3.8, 4) is 0 Å². The Kier molecular flexibility index (Phi) is 3.74. The van der Waals surface area contributed by atoms with Gasteiger partial charge in [-0.25, -0.2) is 4.98 Å². The highest BCUT2D eigenvalue weighted by Crippen LogP contribution is 2.23. The summed E-state index contributed by atoms with van der Waals surface area (Å²) in [6, 6.07) is 9.79. The molecular formula is C18H18N4O2. The molecule has 1 aromatic carbocycles. The lowest BCUT2D eigenvalue weighted by molar-refractivity contribution is 0.0599. The Bertz CT molecular complexity index is 889. The number of imidazole rings is 1. The van der Waals surface area contributed by atoms with Crippen molar-refractivity contribution in [3.05, 3.63) is 60.3 Å². The Balaban J connectivity index is 1.64. The summed E-state index contributed by atoms with van der Waals surface area (Å²) in [4.78, 5) is 23.4. The third-order valence-corrected chi connectivity index (χ3v) is 4.41. The Morgan fingerprint density at radius 3 is 3.08 bits per heavy atom. The molecule has 6 nitrogen and oxygen atoms in total. The van der Waals surface area contributed by atoms with Crippen molar-refractivity contribution >= 4 is 16.8 Å². The molecule has 1 unspecified atom stereocenters. The normalized spacial score (nSPS) is 17.0. The lowest BCUT2D eigenvalue weighted by Crippen LogP contribution is -2.42. The molecule has 0 spiro atoms. The maximum atomic E-state index is 12.9. The average molecular weight is 322 g/mol. The summed E-state index contributed by atoms with van der Waals surface area (Å²) in [7, 11) is 1.67. The molecule has 0 N–H and O–H groups in total. The van der Waals surface area contributed by atoms with Crippen LogP contribution in [-0.4, -0.2) is 45.6 Å². The van der Waals surface area contributed by atoms with Crippen LogP contribution in [-0.2, 0) is 11.3 Å². The maximum Gasteiger partial charge on any atom is 0.255 e. The number of pyridine rings is 1. The molecule has 0 saturated heterocycles. The van der Waals surface area contributed by atoms with Gasteiger partial charge in [0.15, 0.2) is 0 Å². The maximum absolute atomic E-state index is 12.9. The largest absolute Gasteiger partial charge is 0.382 e. The van der Waals surface area contributed by atoms with Gasteiger partial charge in [0, 0.05) is 31.4 Å². The van der Waals surface area contributed by atoms with E-state index in [9.17, 15) is 4.79 Å². The smallest absolute Gasteiger partial charge is 0.255 e. The van der Waals surface area contributed by atoms with Gasteiger partial charge in [0.25, 0.3) is 5.91 Å². The molecule has 6 heteroatoms. The van der Waals surface area contributed by atoms with Crippen LogP contribution in [0.1, 0.15) is 22.1 Å². The minimum atomic E-state index is -0.0122. The Morgan fingerprint density at radius 2 is 2.21 bits per heavy atom. The van der Waals surface area contributed by atoms with Crippen molar-refractivity contribution in [3.63, 3.8) is 0 Å². The first-order chi connectivity index (χ1) is 11.8. The van der Waals surface area contributed by atoms with Crippen LogP contribution in [0, 0.1) is 0 Å². The number of ether oxygens (including phenoxy) is 1. The number of amides is 1. The first kappa shape index (κ1) is 14.8. The van der Waals surface area contributed by atoms with Crippen molar-refractivity contribution < 1.29 is 9.53 Å². The van der Waals surface area contributed by atoms with Crippen molar-refractivity contribution in [2.24, 2.45) is 0 Å².